The third-order valence-corrected chi connectivity index (χ3v) is 3.17. The number of nitrogens with zero attached hydrogens (tertiary/aromatic N) is 1. The Morgan fingerprint density at radius 1 is 1.29 bits per heavy atom. The van der Waals surface area contributed by atoms with Crippen molar-refractivity contribution in [2.75, 3.05) is 13.7 Å². The average Bonchev–Trinajstić information content (AvgIpc) is 2.91. The van der Waals surface area contributed by atoms with Crippen LogP contribution in [0.3, 0.4) is 0 Å². The number of carbonyl (C=O) groups is 1. The lowest BCUT2D eigenvalue weighted by atomic mass is 10.1. The van der Waals surface area contributed by atoms with E-state index in [4.69, 9.17) is 9.26 Å². The first-order valence-corrected chi connectivity index (χ1v) is 6.99. The van der Waals surface area contributed by atoms with E-state index in [1.54, 1.807) is 7.11 Å². The minimum absolute atomic E-state index is 0.0436. The highest BCUT2D eigenvalue weighted by Gasteiger charge is 2.04. The monoisotopic (exact) mass is 288 g/mol. The lowest BCUT2D eigenvalue weighted by Crippen LogP contribution is -2.25. The maximum absolute atomic E-state index is 11.8. The van der Waals surface area contributed by atoms with Gasteiger partial charge in [0.2, 0.25) is 5.91 Å². The molecule has 0 saturated carbocycles. The van der Waals surface area contributed by atoms with Crippen molar-refractivity contribution in [2.45, 2.75) is 26.2 Å². The highest BCUT2D eigenvalue weighted by Crippen LogP contribution is 2.12. The number of benzene rings is 1. The topological polar surface area (TPSA) is 64.4 Å². The highest BCUT2D eigenvalue weighted by molar-refractivity contribution is 5.76. The summed E-state index contributed by atoms with van der Waals surface area (Å²) in [6, 6.07) is 9.63. The third kappa shape index (κ3) is 4.95. The average molecular weight is 288 g/mol. The van der Waals surface area contributed by atoms with E-state index in [2.05, 4.69) is 10.5 Å². The zero-order valence-electron chi connectivity index (χ0n) is 12.4. The van der Waals surface area contributed by atoms with Crippen molar-refractivity contribution in [3.63, 3.8) is 0 Å². The van der Waals surface area contributed by atoms with Crippen molar-refractivity contribution in [1.29, 1.82) is 0 Å². The quantitative estimate of drug-likeness (QED) is 0.849. The van der Waals surface area contributed by atoms with Gasteiger partial charge >= 0.3 is 0 Å². The Morgan fingerprint density at radius 3 is 2.67 bits per heavy atom. The summed E-state index contributed by atoms with van der Waals surface area (Å²) in [5.41, 5.74) is 1.98. The van der Waals surface area contributed by atoms with Crippen molar-refractivity contribution >= 4 is 5.91 Å². The van der Waals surface area contributed by atoms with Crippen LogP contribution in [0.25, 0.3) is 0 Å². The van der Waals surface area contributed by atoms with Crippen LogP contribution in [0.1, 0.15) is 23.4 Å². The number of rotatable bonds is 7. The zero-order valence-corrected chi connectivity index (χ0v) is 12.4. The molecule has 1 N–H and O–H groups in total. The van der Waals surface area contributed by atoms with Gasteiger partial charge < -0.3 is 14.6 Å². The van der Waals surface area contributed by atoms with Gasteiger partial charge in [0.25, 0.3) is 0 Å². The van der Waals surface area contributed by atoms with E-state index in [1.807, 2.05) is 37.3 Å². The molecule has 0 aliphatic heterocycles. The van der Waals surface area contributed by atoms with E-state index < -0.39 is 0 Å². The summed E-state index contributed by atoms with van der Waals surface area (Å²) in [5, 5.41) is 6.69. The molecule has 1 aromatic heterocycles. The van der Waals surface area contributed by atoms with Gasteiger partial charge in [0, 0.05) is 25.5 Å². The van der Waals surface area contributed by atoms with Gasteiger partial charge in [0.15, 0.2) is 0 Å². The highest BCUT2D eigenvalue weighted by atomic mass is 16.5. The van der Waals surface area contributed by atoms with Gasteiger partial charge in [-0.3, -0.25) is 4.79 Å². The molecule has 0 atom stereocenters. The molecule has 1 amide bonds. The molecule has 1 aromatic carbocycles. The molecule has 1 heterocycles. The molecule has 2 rings (SSSR count). The largest absolute Gasteiger partial charge is 0.497 e. The summed E-state index contributed by atoms with van der Waals surface area (Å²) >= 11 is 0. The Labute approximate surface area is 124 Å². The third-order valence-electron chi connectivity index (χ3n) is 3.17. The summed E-state index contributed by atoms with van der Waals surface area (Å²) in [7, 11) is 1.64. The van der Waals surface area contributed by atoms with E-state index in [0.29, 0.717) is 19.4 Å². The molecule has 0 aliphatic rings. The standard InChI is InChI=1S/C16H20N2O3/c1-12-11-15(21-18-12)9-10-17-16(19)8-5-13-3-6-14(20-2)7-4-13/h3-4,6-7,11H,5,8-10H2,1-2H3,(H,17,19). The van der Waals surface area contributed by atoms with E-state index >= 15 is 0 Å². The number of aryl methyl sites for hydroxylation is 2. The first kappa shape index (κ1) is 15.1. The maximum atomic E-state index is 11.8. The van der Waals surface area contributed by atoms with Crippen molar-refractivity contribution in [1.82, 2.24) is 10.5 Å². The second-order valence-electron chi connectivity index (χ2n) is 4.88. The van der Waals surface area contributed by atoms with Crippen LogP contribution in [0.4, 0.5) is 0 Å². The lowest BCUT2D eigenvalue weighted by Gasteiger charge is -2.05. The minimum Gasteiger partial charge on any atom is -0.497 e. The van der Waals surface area contributed by atoms with E-state index in [0.717, 1.165) is 29.2 Å². The molecule has 5 nitrogen and oxygen atoms in total. The fraction of sp³-hybridized carbons (Fsp3) is 0.375. The van der Waals surface area contributed by atoms with Crippen LogP contribution in [-0.4, -0.2) is 24.7 Å². The Bertz CT molecular complexity index is 575. The number of ether oxygens (including phenoxy) is 1. The molecule has 5 heteroatoms. The summed E-state index contributed by atoms with van der Waals surface area (Å²) in [4.78, 5) is 11.8. The second-order valence-corrected chi connectivity index (χ2v) is 4.88. The molecular formula is C16H20N2O3. The van der Waals surface area contributed by atoms with Crippen LogP contribution in [0.5, 0.6) is 5.75 Å². The van der Waals surface area contributed by atoms with Crippen molar-refractivity contribution in [3.8, 4) is 5.75 Å². The van der Waals surface area contributed by atoms with Gasteiger partial charge in [-0.05, 0) is 31.0 Å². The zero-order chi connectivity index (χ0) is 15.1. The minimum atomic E-state index is 0.0436. The molecule has 0 fully saturated rings. The molecule has 112 valence electrons. The molecule has 0 saturated heterocycles. The number of methoxy groups -OCH3 is 1. The predicted octanol–water partition coefficient (Wildman–Crippen LogP) is 2.28. The molecular weight excluding hydrogens is 268 g/mol. The van der Waals surface area contributed by atoms with Gasteiger partial charge in [0.05, 0.1) is 12.8 Å². The molecule has 0 aliphatic carbocycles. The molecule has 0 bridgehead atoms. The number of hydrogen-bond acceptors (Lipinski definition) is 4. The van der Waals surface area contributed by atoms with Crippen LogP contribution in [0, 0.1) is 6.92 Å². The predicted molar refractivity (Wildman–Crippen MR) is 79.3 cm³/mol. The van der Waals surface area contributed by atoms with E-state index in [9.17, 15) is 4.79 Å². The number of hydrogen-bond donors (Lipinski definition) is 1. The van der Waals surface area contributed by atoms with Gasteiger partial charge in [-0.2, -0.15) is 0 Å². The Hall–Kier alpha value is -2.30. The molecule has 0 spiro atoms. The van der Waals surface area contributed by atoms with Gasteiger partial charge in [-0.25, -0.2) is 0 Å². The van der Waals surface area contributed by atoms with Gasteiger partial charge in [-0.1, -0.05) is 17.3 Å². The van der Waals surface area contributed by atoms with Crippen molar-refractivity contribution in [3.05, 3.63) is 47.3 Å². The summed E-state index contributed by atoms with van der Waals surface area (Å²) in [6.45, 7) is 2.44. The Balaban J connectivity index is 1.67. The smallest absolute Gasteiger partial charge is 0.220 e. The van der Waals surface area contributed by atoms with Crippen LogP contribution >= 0.6 is 0 Å². The summed E-state index contributed by atoms with van der Waals surface area (Å²) in [5.74, 6) is 1.66. The summed E-state index contributed by atoms with van der Waals surface area (Å²) in [6.07, 6.45) is 1.86. The lowest BCUT2D eigenvalue weighted by molar-refractivity contribution is -0.121. The molecule has 21 heavy (non-hydrogen) atoms. The fourth-order valence-electron chi connectivity index (χ4n) is 2.00. The fourth-order valence-corrected chi connectivity index (χ4v) is 2.00. The maximum Gasteiger partial charge on any atom is 0.220 e. The molecule has 0 unspecified atom stereocenters. The first-order valence-electron chi connectivity index (χ1n) is 6.99. The number of amides is 1. The van der Waals surface area contributed by atoms with Crippen molar-refractivity contribution < 1.29 is 14.1 Å². The number of aromatic nitrogens is 1. The normalized spacial score (nSPS) is 10.4. The molecule has 2 aromatic rings. The van der Waals surface area contributed by atoms with Crippen LogP contribution in [-0.2, 0) is 17.6 Å². The summed E-state index contributed by atoms with van der Waals surface area (Å²) < 4.78 is 10.2. The van der Waals surface area contributed by atoms with Crippen LogP contribution in [0.2, 0.25) is 0 Å². The number of nitrogens with one attached hydrogen (secondary N) is 1. The van der Waals surface area contributed by atoms with E-state index in [1.165, 1.54) is 0 Å². The van der Waals surface area contributed by atoms with E-state index in [-0.39, 0.29) is 5.91 Å². The SMILES string of the molecule is COc1ccc(CCC(=O)NCCc2cc(C)no2)cc1. The Morgan fingerprint density at radius 2 is 2.05 bits per heavy atom. The van der Waals surface area contributed by atoms with Gasteiger partial charge in [-0.15, -0.1) is 0 Å². The second kappa shape index (κ2) is 7.47. The Kier molecular flexibility index (Phi) is 5.37. The van der Waals surface area contributed by atoms with Crippen molar-refractivity contribution in [2.24, 2.45) is 0 Å². The first-order chi connectivity index (χ1) is 10.2. The number of carbonyl (C=O) groups excluding carboxylic acids is 1. The molecule has 0 radical (unpaired) electrons. The van der Waals surface area contributed by atoms with Crippen LogP contribution in [0.15, 0.2) is 34.9 Å². The van der Waals surface area contributed by atoms with Crippen LogP contribution < -0.4 is 10.1 Å². The van der Waals surface area contributed by atoms with Gasteiger partial charge in [0.1, 0.15) is 11.5 Å².